The molecular weight excluding hydrogens is 146 g/mol. The Kier molecular flexibility index (Phi) is 3.35. The number of hydrogen-bond acceptors (Lipinski definition) is 2. The summed E-state index contributed by atoms with van der Waals surface area (Å²) in [6, 6.07) is 0. The maximum Gasteiger partial charge on any atom is 0.0372 e. The second-order valence-corrected chi connectivity index (χ2v) is 4.62. The van der Waals surface area contributed by atoms with E-state index >= 15 is 0 Å². The molecule has 1 N–H and O–H groups in total. The summed E-state index contributed by atoms with van der Waals surface area (Å²) in [6.07, 6.45) is 2.20. The lowest BCUT2D eigenvalue weighted by Crippen LogP contribution is -2.33. The lowest BCUT2D eigenvalue weighted by Gasteiger charge is -2.20. The van der Waals surface area contributed by atoms with Crippen molar-refractivity contribution in [3.05, 3.63) is 0 Å². The van der Waals surface area contributed by atoms with Gasteiger partial charge in [-0.05, 0) is 25.9 Å². The second-order valence-electron chi connectivity index (χ2n) is 2.62. The normalized spacial score (nSPS) is 24.5. The number of rotatable bonds is 2. The third kappa shape index (κ3) is 2.06. The van der Waals surface area contributed by atoms with Crippen LogP contribution in [0.15, 0.2) is 0 Å². The van der Waals surface area contributed by atoms with Crippen LogP contribution in [0.25, 0.3) is 0 Å². The molecule has 0 saturated carbocycles. The molecule has 0 bridgehead atoms. The summed E-state index contributed by atoms with van der Waals surface area (Å²) in [5.41, 5.74) is 0. The molecule has 1 heterocycles. The van der Waals surface area contributed by atoms with Gasteiger partial charge in [-0.2, -0.15) is 0 Å². The van der Waals surface area contributed by atoms with Crippen molar-refractivity contribution >= 4 is 10.8 Å². The zero-order valence-corrected chi connectivity index (χ0v) is 7.25. The fourth-order valence-corrected chi connectivity index (χ4v) is 2.53. The molecule has 0 spiro atoms. The molecule has 10 heavy (non-hydrogen) atoms. The lowest BCUT2D eigenvalue weighted by atomic mass is 10.2. The van der Waals surface area contributed by atoms with E-state index in [1.807, 2.05) is 6.92 Å². The Morgan fingerprint density at radius 3 is 2.60 bits per heavy atom. The van der Waals surface area contributed by atoms with Crippen molar-refractivity contribution in [2.24, 2.45) is 0 Å². The summed E-state index contributed by atoms with van der Waals surface area (Å²) >= 11 is 0. The van der Waals surface area contributed by atoms with E-state index in [0.29, 0.717) is 5.25 Å². The summed E-state index contributed by atoms with van der Waals surface area (Å²) in [6.45, 7) is 4.10. The Labute approximate surface area is 64.8 Å². The number of hydrogen-bond donors (Lipinski definition) is 1. The average molecular weight is 161 g/mol. The Morgan fingerprint density at radius 1 is 1.50 bits per heavy atom. The highest BCUT2D eigenvalue weighted by atomic mass is 32.2. The fourth-order valence-electron chi connectivity index (χ4n) is 1.29. The van der Waals surface area contributed by atoms with Gasteiger partial charge in [0.05, 0.1) is 0 Å². The van der Waals surface area contributed by atoms with Crippen molar-refractivity contribution < 1.29 is 4.21 Å². The number of piperidine rings is 1. The highest BCUT2D eigenvalue weighted by molar-refractivity contribution is 7.85. The first-order valence-corrected chi connectivity index (χ1v) is 5.30. The predicted molar refractivity (Wildman–Crippen MR) is 44.6 cm³/mol. The van der Waals surface area contributed by atoms with Crippen LogP contribution >= 0.6 is 0 Å². The van der Waals surface area contributed by atoms with Gasteiger partial charge in [0.15, 0.2) is 0 Å². The van der Waals surface area contributed by atoms with E-state index in [1.165, 1.54) is 0 Å². The van der Waals surface area contributed by atoms with Gasteiger partial charge in [-0.3, -0.25) is 4.21 Å². The van der Waals surface area contributed by atoms with Crippen molar-refractivity contribution in [3.8, 4) is 0 Å². The highest BCUT2D eigenvalue weighted by Gasteiger charge is 2.17. The first kappa shape index (κ1) is 8.21. The van der Waals surface area contributed by atoms with Crippen molar-refractivity contribution in [1.82, 2.24) is 5.32 Å². The minimum atomic E-state index is -0.553. The summed E-state index contributed by atoms with van der Waals surface area (Å²) < 4.78 is 11.3. The monoisotopic (exact) mass is 161 g/mol. The third-order valence-corrected chi connectivity index (χ3v) is 3.73. The van der Waals surface area contributed by atoms with Gasteiger partial charge in [-0.25, -0.2) is 0 Å². The Morgan fingerprint density at radius 2 is 2.10 bits per heavy atom. The van der Waals surface area contributed by atoms with Crippen LogP contribution in [0.4, 0.5) is 0 Å². The molecule has 0 aromatic carbocycles. The van der Waals surface area contributed by atoms with Crippen molar-refractivity contribution in [1.29, 1.82) is 0 Å². The van der Waals surface area contributed by atoms with E-state index in [9.17, 15) is 4.21 Å². The Bertz CT molecular complexity index is 121. The van der Waals surface area contributed by atoms with Gasteiger partial charge in [0.1, 0.15) is 0 Å². The van der Waals surface area contributed by atoms with Gasteiger partial charge >= 0.3 is 0 Å². The van der Waals surface area contributed by atoms with Crippen LogP contribution in [0.3, 0.4) is 0 Å². The van der Waals surface area contributed by atoms with Gasteiger partial charge in [-0.15, -0.1) is 0 Å². The summed E-state index contributed by atoms with van der Waals surface area (Å²) in [4.78, 5) is 0. The molecule has 0 aromatic heterocycles. The SMILES string of the molecule is CCS(=O)C1CCNCC1. The molecule has 1 unspecified atom stereocenters. The molecule has 0 aromatic rings. The topological polar surface area (TPSA) is 29.1 Å². The van der Waals surface area contributed by atoms with E-state index in [0.717, 1.165) is 31.7 Å². The first-order valence-electron chi connectivity index (χ1n) is 3.92. The molecule has 1 aliphatic rings. The summed E-state index contributed by atoms with van der Waals surface area (Å²) in [5, 5.41) is 3.74. The van der Waals surface area contributed by atoms with Crippen LogP contribution in [0.5, 0.6) is 0 Å². The van der Waals surface area contributed by atoms with Gasteiger partial charge in [0.2, 0.25) is 0 Å². The summed E-state index contributed by atoms with van der Waals surface area (Å²) in [7, 11) is -0.553. The lowest BCUT2D eigenvalue weighted by molar-refractivity contribution is 0.520. The molecular formula is C7H15NOS. The minimum Gasteiger partial charge on any atom is -0.317 e. The van der Waals surface area contributed by atoms with E-state index < -0.39 is 10.8 Å². The number of nitrogens with one attached hydrogen (secondary N) is 1. The second kappa shape index (κ2) is 4.09. The van der Waals surface area contributed by atoms with E-state index in [4.69, 9.17) is 0 Å². The van der Waals surface area contributed by atoms with Crippen LogP contribution in [-0.4, -0.2) is 28.3 Å². The molecule has 0 radical (unpaired) electrons. The molecule has 0 aliphatic carbocycles. The fraction of sp³-hybridized carbons (Fsp3) is 1.00. The van der Waals surface area contributed by atoms with Crippen LogP contribution in [0, 0.1) is 0 Å². The molecule has 1 aliphatic heterocycles. The predicted octanol–water partition coefficient (Wildman–Crippen LogP) is 0.507. The summed E-state index contributed by atoms with van der Waals surface area (Å²) in [5.74, 6) is 0.824. The van der Waals surface area contributed by atoms with Gasteiger partial charge in [0.25, 0.3) is 0 Å². The molecule has 1 atom stereocenters. The van der Waals surface area contributed by atoms with Crippen molar-refractivity contribution in [2.75, 3.05) is 18.8 Å². The molecule has 1 saturated heterocycles. The van der Waals surface area contributed by atoms with Crippen LogP contribution < -0.4 is 5.32 Å². The molecule has 3 heteroatoms. The first-order chi connectivity index (χ1) is 4.84. The molecule has 1 rings (SSSR count). The zero-order valence-electron chi connectivity index (χ0n) is 6.43. The third-order valence-electron chi connectivity index (χ3n) is 1.94. The minimum absolute atomic E-state index is 0.478. The molecule has 60 valence electrons. The van der Waals surface area contributed by atoms with E-state index in [-0.39, 0.29) is 0 Å². The van der Waals surface area contributed by atoms with E-state index in [1.54, 1.807) is 0 Å². The van der Waals surface area contributed by atoms with Gasteiger partial charge in [-0.1, -0.05) is 6.92 Å². The largest absolute Gasteiger partial charge is 0.317 e. The highest BCUT2D eigenvalue weighted by Crippen LogP contribution is 2.09. The van der Waals surface area contributed by atoms with Crippen LogP contribution in [0.2, 0.25) is 0 Å². The average Bonchev–Trinajstić information content (AvgIpc) is 2.05. The standard InChI is InChI=1S/C7H15NOS/c1-2-10(9)7-3-5-8-6-4-7/h7-8H,2-6H2,1H3. The van der Waals surface area contributed by atoms with Gasteiger partial charge in [0, 0.05) is 21.8 Å². The van der Waals surface area contributed by atoms with Crippen molar-refractivity contribution in [2.45, 2.75) is 25.0 Å². The quantitative estimate of drug-likeness (QED) is 0.639. The maximum atomic E-state index is 11.3. The molecule has 0 amide bonds. The smallest absolute Gasteiger partial charge is 0.0372 e. The Hall–Kier alpha value is 0.110. The molecule has 1 fully saturated rings. The van der Waals surface area contributed by atoms with Crippen molar-refractivity contribution in [3.63, 3.8) is 0 Å². The van der Waals surface area contributed by atoms with E-state index in [2.05, 4.69) is 5.32 Å². The van der Waals surface area contributed by atoms with Gasteiger partial charge < -0.3 is 5.32 Å². The Balaban J connectivity index is 2.31. The van der Waals surface area contributed by atoms with Crippen LogP contribution in [0.1, 0.15) is 19.8 Å². The zero-order chi connectivity index (χ0) is 7.40. The van der Waals surface area contributed by atoms with Crippen LogP contribution in [-0.2, 0) is 10.8 Å². The maximum absolute atomic E-state index is 11.3. The molecule has 2 nitrogen and oxygen atoms in total.